The number of para-hydroxylation sites is 1. The van der Waals surface area contributed by atoms with E-state index in [2.05, 4.69) is 193 Å². The highest BCUT2D eigenvalue weighted by atomic mass is 15.2. The monoisotopic (exact) mass is 762 g/mol. The number of hydrogen-bond acceptors (Lipinski definition) is 3. The Kier molecular flexibility index (Phi) is 6.90. The van der Waals surface area contributed by atoms with Gasteiger partial charge in [0, 0.05) is 21.9 Å². The van der Waals surface area contributed by atoms with E-state index in [0.717, 1.165) is 43.9 Å². The van der Waals surface area contributed by atoms with E-state index in [0.29, 0.717) is 17.6 Å². The highest BCUT2D eigenvalue weighted by Gasteiger charge is 2.51. The summed E-state index contributed by atoms with van der Waals surface area (Å²) in [5, 5.41) is 4.61. The van der Waals surface area contributed by atoms with E-state index in [9.17, 15) is 0 Å². The molecular formula is C56H34N4. The third-order valence-corrected chi connectivity index (χ3v) is 12.9. The van der Waals surface area contributed by atoms with E-state index in [1.54, 1.807) is 0 Å². The molecule has 278 valence electrons. The molecule has 0 fully saturated rings. The van der Waals surface area contributed by atoms with Crippen LogP contribution in [0.3, 0.4) is 0 Å². The average molecular weight is 763 g/mol. The molecule has 0 saturated carbocycles. The van der Waals surface area contributed by atoms with Crippen molar-refractivity contribution in [1.29, 1.82) is 0 Å². The molecule has 11 aromatic rings. The van der Waals surface area contributed by atoms with Gasteiger partial charge in [-0.3, -0.25) is 4.57 Å². The molecule has 0 bridgehead atoms. The van der Waals surface area contributed by atoms with Crippen LogP contribution in [0.1, 0.15) is 22.3 Å². The fourth-order valence-corrected chi connectivity index (χ4v) is 10.4. The Balaban J connectivity index is 1.07. The third kappa shape index (κ3) is 4.53. The molecule has 4 heteroatoms. The van der Waals surface area contributed by atoms with E-state index >= 15 is 0 Å². The maximum atomic E-state index is 5.30. The fourth-order valence-electron chi connectivity index (χ4n) is 10.4. The Labute approximate surface area is 346 Å². The molecule has 0 saturated heterocycles. The van der Waals surface area contributed by atoms with Gasteiger partial charge in [-0.25, -0.2) is 4.98 Å². The second kappa shape index (κ2) is 12.5. The zero-order valence-electron chi connectivity index (χ0n) is 32.4. The predicted octanol–water partition coefficient (Wildman–Crippen LogP) is 13.5. The van der Waals surface area contributed by atoms with Gasteiger partial charge in [0.2, 0.25) is 5.95 Å². The standard InChI is InChI=1S/C56H34N4/c1-2-16-36(17-3-1)53-57-54(39-30-29-35-15-4-5-18-37(35)33-39)59-55(58-53)60-50-28-13-9-21-43(50)44-32-31-38(34-51(44)60)40-23-14-27-49-52(40)45-22-8-12-26-48(45)56(49)46-24-10-6-19-41(46)42-20-7-11-25-47(42)56/h1-34H. The lowest BCUT2D eigenvalue weighted by Gasteiger charge is -2.30. The summed E-state index contributed by atoms with van der Waals surface area (Å²) in [5.41, 5.74) is 16.4. The van der Waals surface area contributed by atoms with Gasteiger partial charge in [0.25, 0.3) is 0 Å². The van der Waals surface area contributed by atoms with Crippen LogP contribution in [0, 0.1) is 0 Å². The van der Waals surface area contributed by atoms with Crippen molar-refractivity contribution in [3.05, 3.63) is 229 Å². The first-order chi connectivity index (χ1) is 29.8. The average Bonchev–Trinajstić information content (AvgIpc) is 3.93. The first-order valence-corrected chi connectivity index (χ1v) is 20.5. The van der Waals surface area contributed by atoms with Gasteiger partial charge in [-0.05, 0) is 84.6 Å². The first kappa shape index (κ1) is 33.1. The molecule has 0 unspecified atom stereocenters. The Bertz CT molecular complexity index is 3520. The summed E-state index contributed by atoms with van der Waals surface area (Å²) in [6.45, 7) is 0. The molecular weight excluding hydrogens is 729 g/mol. The molecule has 0 N–H and O–H groups in total. The lowest BCUT2D eigenvalue weighted by Crippen LogP contribution is -2.25. The van der Waals surface area contributed by atoms with Gasteiger partial charge < -0.3 is 0 Å². The largest absolute Gasteiger partial charge is 0.278 e. The second-order valence-electron chi connectivity index (χ2n) is 15.9. The molecule has 9 aromatic carbocycles. The van der Waals surface area contributed by atoms with Crippen LogP contribution in [0.15, 0.2) is 206 Å². The number of hydrogen-bond donors (Lipinski definition) is 0. The quantitative estimate of drug-likeness (QED) is 0.179. The molecule has 0 atom stereocenters. The van der Waals surface area contributed by atoms with Gasteiger partial charge in [-0.2, -0.15) is 9.97 Å². The van der Waals surface area contributed by atoms with E-state index in [4.69, 9.17) is 15.0 Å². The zero-order valence-corrected chi connectivity index (χ0v) is 32.4. The smallest absolute Gasteiger partial charge is 0.238 e. The topological polar surface area (TPSA) is 43.6 Å². The summed E-state index contributed by atoms with van der Waals surface area (Å²) >= 11 is 0. The lowest BCUT2D eigenvalue weighted by molar-refractivity contribution is 0.794. The van der Waals surface area contributed by atoms with Crippen LogP contribution in [0.5, 0.6) is 0 Å². The van der Waals surface area contributed by atoms with Crippen molar-refractivity contribution in [1.82, 2.24) is 19.5 Å². The Hall–Kier alpha value is -7.95. The number of benzene rings is 9. The van der Waals surface area contributed by atoms with Crippen molar-refractivity contribution >= 4 is 32.6 Å². The van der Waals surface area contributed by atoms with Gasteiger partial charge >= 0.3 is 0 Å². The van der Waals surface area contributed by atoms with Crippen molar-refractivity contribution in [2.24, 2.45) is 0 Å². The van der Waals surface area contributed by atoms with Crippen molar-refractivity contribution in [3.8, 4) is 62.1 Å². The minimum Gasteiger partial charge on any atom is -0.278 e. The minimum atomic E-state index is -0.411. The third-order valence-electron chi connectivity index (χ3n) is 12.9. The Morgan fingerprint density at radius 1 is 0.333 bits per heavy atom. The molecule has 4 nitrogen and oxygen atoms in total. The minimum absolute atomic E-state index is 0.411. The van der Waals surface area contributed by atoms with Crippen molar-refractivity contribution in [3.63, 3.8) is 0 Å². The van der Waals surface area contributed by atoms with Crippen LogP contribution in [0.2, 0.25) is 0 Å². The van der Waals surface area contributed by atoms with E-state index < -0.39 is 5.41 Å². The summed E-state index contributed by atoms with van der Waals surface area (Å²) in [5.74, 6) is 1.84. The van der Waals surface area contributed by atoms with Crippen molar-refractivity contribution in [2.45, 2.75) is 5.41 Å². The first-order valence-electron chi connectivity index (χ1n) is 20.5. The molecule has 0 amide bonds. The molecule has 0 radical (unpaired) electrons. The van der Waals surface area contributed by atoms with Crippen LogP contribution < -0.4 is 0 Å². The van der Waals surface area contributed by atoms with Crippen LogP contribution in [-0.2, 0) is 5.41 Å². The van der Waals surface area contributed by atoms with E-state index in [1.807, 2.05) is 18.2 Å². The summed E-state index contributed by atoms with van der Waals surface area (Å²) in [6.07, 6.45) is 0. The SMILES string of the molecule is c1ccc(-c2nc(-c3ccc4ccccc4c3)nc(-n3c4ccccc4c4ccc(-c5cccc6c5-c5ccccc5C65c6ccccc6-c6ccccc65)cc43)n2)cc1. The van der Waals surface area contributed by atoms with Crippen LogP contribution >= 0.6 is 0 Å². The van der Waals surface area contributed by atoms with Crippen molar-refractivity contribution in [2.75, 3.05) is 0 Å². The number of rotatable bonds is 4. The summed E-state index contributed by atoms with van der Waals surface area (Å²) in [7, 11) is 0. The highest BCUT2D eigenvalue weighted by Crippen LogP contribution is 2.64. The number of aromatic nitrogens is 4. The fraction of sp³-hybridized carbons (Fsp3) is 0.0179. The van der Waals surface area contributed by atoms with Gasteiger partial charge in [0.15, 0.2) is 11.6 Å². The zero-order chi connectivity index (χ0) is 39.4. The number of nitrogens with zero attached hydrogens (tertiary/aromatic N) is 4. The Morgan fingerprint density at radius 2 is 0.900 bits per heavy atom. The van der Waals surface area contributed by atoms with Gasteiger partial charge in [0.05, 0.1) is 16.4 Å². The molecule has 60 heavy (non-hydrogen) atoms. The van der Waals surface area contributed by atoms with Crippen molar-refractivity contribution < 1.29 is 0 Å². The Morgan fingerprint density at radius 3 is 1.68 bits per heavy atom. The van der Waals surface area contributed by atoms with E-state index in [-0.39, 0.29) is 0 Å². The maximum Gasteiger partial charge on any atom is 0.238 e. The summed E-state index contributed by atoms with van der Waals surface area (Å²) < 4.78 is 2.23. The molecule has 2 aliphatic rings. The lowest BCUT2D eigenvalue weighted by atomic mass is 9.70. The normalized spacial score (nSPS) is 13.1. The molecule has 13 rings (SSSR count). The summed E-state index contributed by atoms with van der Waals surface area (Å²) in [6, 6.07) is 74.5. The predicted molar refractivity (Wildman–Crippen MR) is 244 cm³/mol. The summed E-state index contributed by atoms with van der Waals surface area (Å²) in [4.78, 5) is 15.7. The molecule has 2 aliphatic carbocycles. The van der Waals surface area contributed by atoms with Gasteiger partial charge in [-0.15, -0.1) is 0 Å². The highest BCUT2D eigenvalue weighted by molar-refractivity contribution is 6.11. The van der Waals surface area contributed by atoms with Crippen LogP contribution in [0.4, 0.5) is 0 Å². The van der Waals surface area contributed by atoms with Gasteiger partial charge in [-0.1, -0.05) is 188 Å². The van der Waals surface area contributed by atoms with Crippen LogP contribution in [0.25, 0.3) is 94.7 Å². The second-order valence-corrected chi connectivity index (χ2v) is 15.9. The molecule has 0 aliphatic heterocycles. The van der Waals surface area contributed by atoms with Gasteiger partial charge in [0.1, 0.15) is 0 Å². The molecule has 2 heterocycles. The number of fused-ring (bicyclic) bond motifs is 14. The van der Waals surface area contributed by atoms with Crippen LogP contribution in [-0.4, -0.2) is 19.5 Å². The maximum absolute atomic E-state index is 5.30. The van der Waals surface area contributed by atoms with E-state index in [1.165, 1.54) is 55.5 Å². The molecule has 2 aromatic heterocycles. The molecule has 1 spiro atoms.